The number of nitrogens with zero attached hydrogens (tertiary/aromatic N) is 3. The number of nitriles is 1. The molecule has 5 nitrogen and oxygen atoms in total. The van der Waals surface area contributed by atoms with Crippen molar-refractivity contribution < 1.29 is 8.42 Å². The Hall–Kier alpha value is -1.45. The Kier molecular flexibility index (Phi) is 4.17. The van der Waals surface area contributed by atoms with Crippen molar-refractivity contribution in [1.82, 2.24) is 9.29 Å². The van der Waals surface area contributed by atoms with Crippen molar-refractivity contribution >= 4 is 10.0 Å². The molecular formula is C13H17N3O2S. The van der Waals surface area contributed by atoms with Gasteiger partial charge in [-0.2, -0.15) is 9.57 Å². The van der Waals surface area contributed by atoms with Gasteiger partial charge >= 0.3 is 0 Å². The average Bonchev–Trinajstić information content (AvgIpc) is 2.47. The standard InChI is InChI=1S/C13H17N3O2S/c1-16(12-5-3-2-4-6-12)19(17,18)13-8-7-11(9-14)15-10-13/h7-8,10,12H,2-6H2,1H3. The van der Waals surface area contributed by atoms with E-state index in [0.717, 1.165) is 25.7 Å². The first-order valence-corrected chi connectivity index (χ1v) is 7.84. The minimum absolute atomic E-state index is 0.0781. The molecule has 0 amide bonds. The minimum atomic E-state index is -3.50. The lowest BCUT2D eigenvalue weighted by atomic mass is 9.96. The van der Waals surface area contributed by atoms with Gasteiger partial charge in [0.2, 0.25) is 10.0 Å². The van der Waals surface area contributed by atoms with Gasteiger partial charge in [-0.15, -0.1) is 0 Å². The maximum atomic E-state index is 12.4. The molecule has 0 unspecified atom stereocenters. The molecule has 1 aromatic heterocycles. The van der Waals surface area contributed by atoms with E-state index in [2.05, 4.69) is 4.98 Å². The van der Waals surface area contributed by atoms with Crippen molar-refractivity contribution in [2.45, 2.75) is 43.0 Å². The predicted octanol–water partition coefficient (Wildman–Crippen LogP) is 1.91. The van der Waals surface area contributed by atoms with Crippen LogP contribution < -0.4 is 0 Å². The molecule has 2 rings (SSSR count). The fourth-order valence-electron chi connectivity index (χ4n) is 2.41. The minimum Gasteiger partial charge on any atom is -0.244 e. The van der Waals surface area contributed by atoms with Crippen molar-refractivity contribution in [3.63, 3.8) is 0 Å². The zero-order valence-electron chi connectivity index (χ0n) is 10.9. The molecule has 0 saturated heterocycles. The van der Waals surface area contributed by atoms with Gasteiger partial charge in [0.15, 0.2) is 0 Å². The van der Waals surface area contributed by atoms with Crippen molar-refractivity contribution in [2.24, 2.45) is 0 Å². The number of aromatic nitrogens is 1. The summed E-state index contributed by atoms with van der Waals surface area (Å²) < 4.78 is 26.3. The van der Waals surface area contributed by atoms with Crippen molar-refractivity contribution in [3.8, 4) is 6.07 Å². The second-order valence-electron chi connectivity index (χ2n) is 4.80. The van der Waals surface area contributed by atoms with E-state index >= 15 is 0 Å². The number of rotatable bonds is 3. The Balaban J connectivity index is 2.22. The van der Waals surface area contributed by atoms with Crippen LogP contribution in [0.15, 0.2) is 23.2 Å². The van der Waals surface area contributed by atoms with Crippen LogP contribution in [-0.2, 0) is 10.0 Å². The number of hydrogen-bond acceptors (Lipinski definition) is 4. The summed E-state index contributed by atoms with van der Waals surface area (Å²) in [6.07, 6.45) is 6.43. The second-order valence-corrected chi connectivity index (χ2v) is 6.80. The highest BCUT2D eigenvalue weighted by Gasteiger charge is 2.29. The third-order valence-corrected chi connectivity index (χ3v) is 5.51. The maximum Gasteiger partial charge on any atom is 0.244 e. The van der Waals surface area contributed by atoms with Gasteiger partial charge in [-0.25, -0.2) is 13.4 Å². The fourth-order valence-corrected chi connectivity index (χ4v) is 3.77. The summed E-state index contributed by atoms with van der Waals surface area (Å²) in [7, 11) is -1.87. The molecule has 0 aliphatic heterocycles. The Morgan fingerprint density at radius 1 is 1.32 bits per heavy atom. The normalized spacial score (nSPS) is 17.3. The zero-order chi connectivity index (χ0) is 13.9. The SMILES string of the molecule is CN(C1CCCCC1)S(=O)(=O)c1ccc(C#N)nc1. The van der Waals surface area contributed by atoms with Gasteiger partial charge in [0.05, 0.1) is 0 Å². The van der Waals surface area contributed by atoms with E-state index in [1.54, 1.807) is 7.05 Å². The molecule has 0 spiro atoms. The van der Waals surface area contributed by atoms with Crippen LogP contribution in [0.3, 0.4) is 0 Å². The van der Waals surface area contributed by atoms with Gasteiger partial charge < -0.3 is 0 Å². The first-order valence-electron chi connectivity index (χ1n) is 6.40. The Labute approximate surface area is 113 Å². The van der Waals surface area contributed by atoms with Crippen LogP contribution in [0.1, 0.15) is 37.8 Å². The van der Waals surface area contributed by atoms with Crippen LogP contribution in [-0.4, -0.2) is 30.8 Å². The molecular weight excluding hydrogens is 262 g/mol. The van der Waals surface area contributed by atoms with E-state index in [4.69, 9.17) is 5.26 Å². The van der Waals surface area contributed by atoms with Gasteiger partial charge in [-0.05, 0) is 25.0 Å². The van der Waals surface area contributed by atoms with Gasteiger partial charge in [-0.3, -0.25) is 0 Å². The summed E-state index contributed by atoms with van der Waals surface area (Å²) in [6, 6.07) is 4.83. The smallest absolute Gasteiger partial charge is 0.244 e. The Morgan fingerprint density at radius 3 is 2.53 bits per heavy atom. The summed E-state index contributed by atoms with van der Waals surface area (Å²) in [6.45, 7) is 0. The molecule has 0 radical (unpaired) electrons. The summed E-state index contributed by atoms with van der Waals surface area (Å²) >= 11 is 0. The summed E-state index contributed by atoms with van der Waals surface area (Å²) in [5.41, 5.74) is 0.222. The third kappa shape index (κ3) is 2.94. The highest BCUT2D eigenvalue weighted by Crippen LogP contribution is 2.26. The average molecular weight is 279 g/mol. The van der Waals surface area contributed by atoms with Crippen LogP contribution in [0.5, 0.6) is 0 Å². The lowest BCUT2D eigenvalue weighted by molar-refractivity contribution is 0.286. The highest BCUT2D eigenvalue weighted by atomic mass is 32.2. The van der Waals surface area contributed by atoms with Gasteiger partial charge in [-0.1, -0.05) is 19.3 Å². The molecule has 19 heavy (non-hydrogen) atoms. The lowest BCUT2D eigenvalue weighted by Crippen LogP contribution is -2.38. The molecule has 1 heterocycles. The van der Waals surface area contributed by atoms with Gasteiger partial charge in [0.1, 0.15) is 16.7 Å². The quantitative estimate of drug-likeness (QED) is 0.847. The topological polar surface area (TPSA) is 74.1 Å². The van der Waals surface area contributed by atoms with E-state index in [1.807, 2.05) is 6.07 Å². The van der Waals surface area contributed by atoms with E-state index < -0.39 is 10.0 Å². The Morgan fingerprint density at radius 2 is 2.00 bits per heavy atom. The molecule has 0 bridgehead atoms. The largest absolute Gasteiger partial charge is 0.244 e. The van der Waals surface area contributed by atoms with Crippen molar-refractivity contribution in [1.29, 1.82) is 5.26 Å². The maximum absolute atomic E-state index is 12.4. The monoisotopic (exact) mass is 279 g/mol. The molecule has 0 N–H and O–H groups in total. The Bertz CT molecular complexity index is 569. The third-order valence-electron chi connectivity index (χ3n) is 3.62. The van der Waals surface area contributed by atoms with Crippen molar-refractivity contribution in [2.75, 3.05) is 7.05 Å². The lowest BCUT2D eigenvalue weighted by Gasteiger charge is -2.30. The summed E-state index contributed by atoms with van der Waals surface area (Å²) in [5, 5.41) is 8.67. The molecule has 0 atom stereocenters. The predicted molar refractivity (Wildman–Crippen MR) is 70.8 cm³/mol. The number of pyridine rings is 1. The van der Waals surface area contributed by atoms with E-state index in [9.17, 15) is 8.42 Å². The molecule has 1 aliphatic rings. The molecule has 0 aromatic carbocycles. The molecule has 1 aliphatic carbocycles. The van der Waals surface area contributed by atoms with Crippen LogP contribution >= 0.6 is 0 Å². The van der Waals surface area contributed by atoms with E-state index in [1.165, 1.54) is 29.1 Å². The van der Waals surface area contributed by atoms with Crippen molar-refractivity contribution in [3.05, 3.63) is 24.0 Å². The zero-order valence-corrected chi connectivity index (χ0v) is 11.7. The fraction of sp³-hybridized carbons (Fsp3) is 0.538. The molecule has 102 valence electrons. The van der Waals surface area contributed by atoms with E-state index in [0.29, 0.717) is 0 Å². The summed E-state index contributed by atoms with van der Waals surface area (Å²) in [4.78, 5) is 3.98. The first kappa shape index (κ1) is 14.0. The molecule has 6 heteroatoms. The number of hydrogen-bond donors (Lipinski definition) is 0. The van der Waals surface area contributed by atoms with Crippen LogP contribution in [0.4, 0.5) is 0 Å². The molecule has 1 saturated carbocycles. The van der Waals surface area contributed by atoms with E-state index in [-0.39, 0.29) is 16.6 Å². The highest BCUT2D eigenvalue weighted by molar-refractivity contribution is 7.89. The van der Waals surface area contributed by atoms with Gasteiger partial charge in [0.25, 0.3) is 0 Å². The molecule has 1 aromatic rings. The van der Waals surface area contributed by atoms with Gasteiger partial charge in [0, 0.05) is 19.3 Å². The first-order chi connectivity index (χ1) is 9.05. The van der Waals surface area contributed by atoms with Crippen LogP contribution in [0.25, 0.3) is 0 Å². The van der Waals surface area contributed by atoms with Crippen LogP contribution in [0, 0.1) is 11.3 Å². The second kappa shape index (κ2) is 5.68. The molecule has 1 fully saturated rings. The number of sulfonamides is 1. The van der Waals surface area contributed by atoms with Crippen LogP contribution in [0.2, 0.25) is 0 Å². The summed E-state index contributed by atoms with van der Waals surface area (Å²) in [5.74, 6) is 0.